The predicted octanol–water partition coefficient (Wildman–Crippen LogP) is 6.77. The SMILES string of the molecule is COc1ccc(/C=N/N(C(=O)c2cccc(C(F)(F)F)c2)c2nc3ccc(Br)cc3s2)cc1. The van der Waals surface area contributed by atoms with Crippen LogP contribution in [0.5, 0.6) is 5.75 Å². The van der Waals surface area contributed by atoms with Crippen molar-refractivity contribution in [1.82, 2.24) is 4.98 Å². The zero-order valence-electron chi connectivity index (χ0n) is 17.0. The van der Waals surface area contributed by atoms with Crippen molar-refractivity contribution < 1.29 is 22.7 Å². The Balaban J connectivity index is 1.75. The molecule has 1 aromatic heterocycles. The number of anilines is 1. The lowest BCUT2D eigenvalue weighted by atomic mass is 10.1. The summed E-state index contributed by atoms with van der Waals surface area (Å²) in [7, 11) is 1.55. The lowest BCUT2D eigenvalue weighted by Crippen LogP contribution is -2.26. The summed E-state index contributed by atoms with van der Waals surface area (Å²) in [5.41, 5.74) is 0.235. The minimum Gasteiger partial charge on any atom is -0.497 e. The van der Waals surface area contributed by atoms with E-state index < -0.39 is 17.6 Å². The van der Waals surface area contributed by atoms with Crippen LogP contribution in [0.25, 0.3) is 10.2 Å². The van der Waals surface area contributed by atoms with Crippen LogP contribution >= 0.6 is 27.3 Å². The Labute approximate surface area is 199 Å². The molecule has 4 rings (SSSR count). The van der Waals surface area contributed by atoms with Crippen LogP contribution in [0.4, 0.5) is 18.3 Å². The topological polar surface area (TPSA) is 54.8 Å². The van der Waals surface area contributed by atoms with Crippen LogP contribution in [-0.4, -0.2) is 24.2 Å². The van der Waals surface area contributed by atoms with E-state index in [1.807, 2.05) is 12.1 Å². The van der Waals surface area contributed by atoms with E-state index >= 15 is 0 Å². The molecule has 0 atom stereocenters. The van der Waals surface area contributed by atoms with Crippen molar-refractivity contribution >= 4 is 54.7 Å². The van der Waals surface area contributed by atoms with Gasteiger partial charge in [0.1, 0.15) is 5.75 Å². The van der Waals surface area contributed by atoms with Gasteiger partial charge >= 0.3 is 6.18 Å². The molecule has 0 radical (unpaired) electrons. The van der Waals surface area contributed by atoms with Gasteiger partial charge in [-0.05, 0) is 66.2 Å². The first-order chi connectivity index (χ1) is 15.7. The highest BCUT2D eigenvalue weighted by atomic mass is 79.9. The number of benzene rings is 3. The molecule has 3 aromatic carbocycles. The van der Waals surface area contributed by atoms with Crippen molar-refractivity contribution in [2.75, 3.05) is 12.1 Å². The molecule has 0 unspecified atom stereocenters. The normalized spacial score (nSPS) is 11.8. The highest BCUT2D eigenvalue weighted by Gasteiger charge is 2.32. The predicted molar refractivity (Wildman–Crippen MR) is 126 cm³/mol. The molecule has 0 fully saturated rings. The molecule has 1 heterocycles. The zero-order valence-corrected chi connectivity index (χ0v) is 19.4. The van der Waals surface area contributed by atoms with E-state index in [1.165, 1.54) is 29.7 Å². The van der Waals surface area contributed by atoms with Gasteiger partial charge in [0.2, 0.25) is 5.13 Å². The van der Waals surface area contributed by atoms with Gasteiger partial charge in [0, 0.05) is 10.0 Å². The number of halogens is 4. The molecule has 4 aromatic rings. The molecular weight excluding hydrogens is 519 g/mol. The number of nitrogens with zero attached hydrogens (tertiary/aromatic N) is 3. The lowest BCUT2D eigenvalue weighted by molar-refractivity contribution is -0.137. The number of fused-ring (bicyclic) bond motifs is 1. The maximum atomic E-state index is 13.3. The second-order valence-electron chi connectivity index (χ2n) is 6.82. The van der Waals surface area contributed by atoms with E-state index in [2.05, 4.69) is 26.0 Å². The molecule has 5 nitrogen and oxygen atoms in total. The fourth-order valence-corrected chi connectivity index (χ4v) is 4.40. The number of alkyl halides is 3. The molecule has 0 saturated carbocycles. The number of hydrazone groups is 1. The summed E-state index contributed by atoms with van der Waals surface area (Å²) in [5, 5.41) is 5.52. The van der Waals surface area contributed by atoms with E-state index in [1.54, 1.807) is 37.4 Å². The number of carbonyl (C=O) groups excluding carboxylic acids is 1. The average molecular weight is 534 g/mol. The first-order valence-corrected chi connectivity index (χ1v) is 11.1. The van der Waals surface area contributed by atoms with Gasteiger partial charge in [0.15, 0.2) is 0 Å². The molecule has 0 saturated heterocycles. The molecule has 0 aliphatic carbocycles. The molecule has 0 bridgehead atoms. The van der Waals surface area contributed by atoms with Gasteiger partial charge in [0.05, 0.1) is 29.1 Å². The Kier molecular flexibility index (Phi) is 6.48. The summed E-state index contributed by atoms with van der Waals surface area (Å²) in [6, 6.07) is 16.6. The van der Waals surface area contributed by atoms with Crippen molar-refractivity contribution in [2.45, 2.75) is 6.18 Å². The van der Waals surface area contributed by atoms with Crippen molar-refractivity contribution in [3.63, 3.8) is 0 Å². The highest BCUT2D eigenvalue weighted by Crippen LogP contribution is 2.33. The van der Waals surface area contributed by atoms with Gasteiger partial charge < -0.3 is 4.74 Å². The van der Waals surface area contributed by atoms with Crippen LogP contribution in [0, 0.1) is 0 Å². The summed E-state index contributed by atoms with van der Waals surface area (Å²) in [6.07, 6.45) is -3.14. The van der Waals surface area contributed by atoms with Crippen LogP contribution in [0.2, 0.25) is 0 Å². The number of ether oxygens (including phenoxy) is 1. The number of amides is 1. The van der Waals surface area contributed by atoms with Gasteiger partial charge in [-0.1, -0.05) is 33.3 Å². The Morgan fingerprint density at radius 1 is 1.12 bits per heavy atom. The third-order valence-electron chi connectivity index (χ3n) is 4.59. The Morgan fingerprint density at radius 2 is 1.88 bits per heavy atom. The minimum atomic E-state index is -4.57. The third kappa shape index (κ3) is 5.23. The van der Waals surface area contributed by atoms with E-state index in [-0.39, 0.29) is 10.7 Å². The lowest BCUT2D eigenvalue weighted by Gasteiger charge is -2.15. The highest BCUT2D eigenvalue weighted by molar-refractivity contribution is 9.10. The molecule has 0 spiro atoms. The summed E-state index contributed by atoms with van der Waals surface area (Å²) in [6.45, 7) is 0. The number of methoxy groups -OCH3 is 1. The number of aromatic nitrogens is 1. The summed E-state index contributed by atoms with van der Waals surface area (Å²) >= 11 is 4.60. The number of hydrogen-bond acceptors (Lipinski definition) is 5. The van der Waals surface area contributed by atoms with Crippen LogP contribution in [0.1, 0.15) is 21.5 Å². The monoisotopic (exact) mass is 533 g/mol. The molecule has 10 heteroatoms. The van der Waals surface area contributed by atoms with Crippen molar-refractivity contribution in [2.24, 2.45) is 5.10 Å². The van der Waals surface area contributed by atoms with Gasteiger partial charge in [-0.15, -0.1) is 0 Å². The number of hydrogen-bond donors (Lipinski definition) is 0. The second-order valence-corrected chi connectivity index (χ2v) is 8.75. The molecular formula is C23H15BrF3N3O2S. The van der Waals surface area contributed by atoms with Crippen LogP contribution in [-0.2, 0) is 6.18 Å². The van der Waals surface area contributed by atoms with E-state index in [4.69, 9.17) is 4.74 Å². The van der Waals surface area contributed by atoms with Crippen molar-refractivity contribution in [3.8, 4) is 5.75 Å². The summed E-state index contributed by atoms with van der Waals surface area (Å²) < 4.78 is 46.3. The van der Waals surface area contributed by atoms with Gasteiger partial charge in [0.25, 0.3) is 5.91 Å². The molecule has 0 N–H and O–H groups in total. The number of thiazole rings is 1. The smallest absolute Gasteiger partial charge is 0.416 e. The molecule has 0 aliphatic heterocycles. The fourth-order valence-electron chi connectivity index (χ4n) is 2.93. The number of rotatable bonds is 5. The van der Waals surface area contributed by atoms with Gasteiger partial charge in [-0.3, -0.25) is 4.79 Å². The summed E-state index contributed by atoms with van der Waals surface area (Å²) in [5.74, 6) is -0.0789. The molecule has 0 aliphatic rings. The number of carbonyl (C=O) groups is 1. The molecule has 1 amide bonds. The fraction of sp³-hybridized carbons (Fsp3) is 0.0870. The third-order valence-corrected chi connectivity index (χ3v) is 6.07. The van der Waals surface area contributed by atoms with Crippen LogP contribution in [0.3, 0.4) is 0 Å². The Bertz CT molecular complexity index is 1340. The van der Waals surface area contributed by atoms with E-state index in [0.717, 1.165) is 26.3 Å². The zero-order chi connectivity index (χ0) is 23.6. The quantitative estimate of drug-likeness (QED) is 0.210. The first-order valence-electron chi connectivity index (χ1n) is 9.50. The van der Waals surface area contributed by atoms with Gasteiger partial charge in [-0.25, -0.2) is 4.98 Å². The van der Waals surface area contributed by atoms with E-state index in [9.17, 15) is 18.0 Å². The molecule has 33 heavy (non-hydrogen) atoms. The Hall–Kier alpha value is -3.24. The minimum absolute atomic E-state index is 0.155. The Morgan fingerprint density at radius 3 is 2.58 bits per heavy atom. The van der Waals surface area contributed by atoms with Crippen molar-refractivity contribution in [1.29, 1.82) is 0 Å². The van der Waals surface area contributed by atoms with Crippen molar-refractivity contribution in [3.05, 3.63) is 87.9 Å². The first kappa shape index (κ1) is 22.9. The standard InChI is InChI=1S/C23H15BrF3N3O2S/c1-32-18-8-5-14(6-9-18)13-28-30(22-29-19-10-7-17(24)12-20(19)33-22)21(31)15-3-2-4-16(11-15)23(25,26)27/h2-13H,1H3/b28-13+. The van der Waals surface area contributed by atoms with E-state index in [0.29, 0.717) is 16.8 Å². The largest absolute Gasteiger partial charge is 0.497 e. The maximum Gasteiger partial charge on any atom is 0.416 e. The second kappa shape index (κ2) is 9.32. The maximum absolute atomic E-state index is 13.3. The van der Waals surface area contributed by atoms with Gasteiger partial charge in [-0.2, -0.15) is 23.3 Å². The average Bonchev–Trinajstić information content (AvgIpc) is 3.21. The summed E-state index contributed by atoms with van der Waals surface area (Å²) in [4.78, 5) is 17.7. The molecule has 168 valence electrons. The van der Waals surface area contributed by atoms with Crippen LogP contribution in [0.15, 0.2) is 76.3 Å². The van der Waals surface area contributed by atoms with Crippen LogP contribution < -0.4 is 9.75 Å².